The molecule has 0 heterocycles. The zero-order valence-corrected chi connectivity index (χ0v) is 7.33. The number of methoxy groups -OCH3 is 1. The highest BCUT2D eigenvalue weighted by Crippen LogP contribution is 1.93. The second-order valence-electron chi connectivity index (χ2n) is 2.43. The number of rotatable bonds is 6. The van der Waals surface area contributed by atoms with E-state index in [4.69, 9.17) is 6.42 Å². The molecule has 4 heteroatoms. The van der Waals surface area contributed by atoms with E-state index in [1.54, 1.807) is 5.92 Å². The fraction of sp³-hybridized carbons (Fsp3) is 0.444. The van der Waals surface area contributed by atoms with E-state index in [0.29, 0.717) is 0 Å². The van der Waals surface area contributed by atoms with Crippen LogP contribution in [0.3, 0.4) is 0 Å². The lowest BCUT2D eigenvalue weighted by Gasteiger charge is -1.96. The normalized spacial score (nSPS) is 8.92. The second-order valence-corrected chi connectivity index (χ2v) is 2.43. The van der Waals surface area contributed by atoms with Crippen molar-refractivity contribution >= 4 is 17.3 Å². The molecule has 0 atom stereocenters. The van der Waals surface area contributed by atoms with Crippen molar-refractivity contribution in [3.8, 4) is 12.3 Å². The maximum absolute atomic E-state index is 10.9. The number of hydrogen-bond donors (Lipinski definition) is 0. The highest BCUT2D eigenvalue weighted by Gasteiger charge is 2.11. The fourth-order valence-electron chi connectivity index (χ4n) is 0.725. The van der Waals surface area contributed by atoms with Crippen LogP contribution >= 0.6 is 0 Å². The van der Waals surface area contributed by atoms with Gasteiger partial charge in [0, 0.05) is 7.11 Å². The summed E-state index contributed by atoms with van der Waals surface area (Å²) in [5.41, 5.74) is 0. The molecule has 0 bridgehead atoms. The summed E-state index contributed by atoms with van der Waals surface area (Å²) in [6.07, 6.45) is 4.09. The number of Topliss-reactive ketones (excluding diaryl/α,β-unsaturated/α-hetero) is 3. The molecule has 0 radical (unpaired) electrons. The standard InChI is InChI=1S/C9H10O4/c1-3-7(10)4-8(11)5-9(12)6-13-2/h1H,4-6H2,2H3. The van der Waals surface area contributed by atoms with Crippen molar-refractivity contribution in [3.05, 3.63) is 0 Å². The minimum Gasteiger partial charge on any atom is -0.377 e. The first-order valence-electron chi connectivity index (χ1n) is 3.62. The van der Waals surface area contributed by atoms with Crippen molar-refractivity contribution in [3.63, 3.8) is 0 Å². The van der Waals surface area contributed by atoms with E-state index >= 15 is 0 Å². The second kappa shape index (κ2) is 6.09. The van der Waals surface area contributed by atoms with Crippen LogP contribution in [0, 0.1) is 12.3 Å². The smallest absolute Gasteiger partial charge is 0.212 e. The van der Waals surface area contributed by atoms with Crippen molar-refractivity contribution in [1.82, 2.24) is 0 Å². The van der Waals surface area contributed by atoms with Gasteiger partial charge in [-0.15, -0.1) is 6.42 Å². The van der Waals surface area contributed by atoms with Crippen molar-refractivity contribution in [2.45, 2.75) is 12.8 Å². The summed E-state index contributed by atoms with van der Waals surface area (Å²) in [6, 6.07) is 0. The van der Waals surface area contributed by atoms with Gasteiger partial charge in [-0.25, -0.2) is 0 Å². The van der Waals surface area contributed by atoms with Crippen molar-refractivity contribution in [2.24, 2.45) is 0 Å². The predicted molar refractivity (Wildman–Crippen MR) is 45.0 cm³/mol. The number of ether oxygens (including phenoxy) is 1. The van der Waals surface area contributed by atoms with Gasteiger partial charge in [0.2, 0.25) is 5.78 Å². The summed E-state index contributed by atoms with van der Waals surface area (Å²) in [6.45, 7) is -0.115. The molecule has 0 aliphatic heterocycles. The maximum atomic E-state index is 10.9. The van der Waals surface area contributed by atoms with Crippen LogP contribution in [-0.4, -0.2) is 31.1 Å². The van der Waals surface area contributed by atoms with Gasteiger partial charge >= 0.3 is 0 Å². The summed E-state index contributed by atoms with van der Waals surface area (Å²) < 4.78 is 4.51. The Bertz CT molecular complexity index is 259. The van der Waals surface area contributed by atoms with Crippen LogP contribution in [0.1, 0.15) is 12.8 Å². The van der Waals surface area contributed by atoms with E-state index in [-0.39, 0.29) is 25.2 Å². The molecule has 0 aromatic rings. The molecule has 0 saturated heterocycles. The summed E-state index contributed by atoms with van der Waals surface area (Å²) in [5.74, 6) is 0.380. The van der Waals surface area contributed by atoms with Gasteiger partial charge in [0.1, 0.15) is 12.4 Å². The van der Waals surface area contributed by atoms with Gasteiger partial charge in [0.25, 0.3) is 0 Å². The van der Waals surface area contributed by atoms with Crippen molar-refractivity contribution in [2.75, 3.05) is 13.7 Å². The van der Waals surface area contributed by atoms with Crippen LogP contribution in [0.25, 0.3) is 0 Å². The van der Waals surface area contributed by atoms with Crippen LogP contribution in [-0.2, 0) is 19.1 Å². The van der Waals surface area contributed by atoms with Crippen LogP contribution in [0.5, 0.6) is 0 Å². The van der Waals surface area contributed by atoms with Crippen LogP contribution in [0.2, 0.25) is 0 Å². The largest absolute Gasteiger partial charge is 0.377 e. The monoisotopic (exact) mass is 182 g/mol. The topological polar surface area (TPSA) is 60.4 Å². The van der Waals surface area contributed by atoms with E-state index in [1.165, 1.54) is 7.11 Å². The molecule has 13 heavy (non-hydrogen) atoms. The number of hydrogen-bond acceptors (Lipinski definition) is 4. The molecule has 0 spiro atoms. The Labute approximate surface area is 76.3 Å². The first kappa shape index (κ1) is 11.5. The van der Waals surface area contributed by atoms with E-state index in [1.807, 2.05) is 0 Å². The molecule has 0 fully saturated rings. The molecule has 4 nitrogen and oxygen atoms in total. The SMILES string of the molecule is C#CC(=O)CC(=O)CC(=O)COC. The van der Waals surface area contributed by atoms with Crippen LogP contribution in [0.4, 0.5) is 0 Å². The average molecular weight is 182 g/mol. The van der Waals surface area contributed by atoms with Gasteiger partial charge < -0.3 is 4.74 Å². The third-order valence-corrected chi connectivity index (χ3v) is 1.22. The average Bonchev–Trinajstić information content (AvgIpc) is 2.04. The Balaban J connectivity index is 3.82. The molecule has 0 amide bonds. The van der Waals surface area contributed by atoms with Gasteiger partial charge in [-0.2, -0.15) is 0 Å². The van der Waals surface area contributed by atoms with Gasteiger partial charge in [-0.3, -0.25) is 14.4 Å². The zero-order valence-electron chi connectivity index (χ0n) is 7.33. The number of carbonyl (C=O) groups excluding carboxylic acids is 3. The highest BCUT2D eigenvalue weighted by atomic mass is 16.5. The Hall–Kier alpha value is -1.47. The molecule has 0 aliphatic carbocycles. The molecule has 0 aliphatic rings. The minimum atomic E-state index is -0.602. The third-order valence-electron chi connectivity index (χ3n) is 1.22. The Kier molecular flexibility index (Phi) is 5.40. The van der Waals surface area contributed by atoms with E-state index < -0.39 is 11.6 Å². The van der Waals surface area contributed by atoms with E-state index in [0.717, 1.165) is 0 Å². The van der Waals surface area contributed by atoms with Crippen LogP contribution in [0.15, 0.2) is 0 Å². The Morgan fingerprint density at radius 2 is 1.85 bits per heavy atom. The Morgan fingerprint density at radius 1 is 1.23 bits per heavy atom. The quantitative estimate of drug-likeness (QED) is 0.323. The summed E-state index contributed by atoms with van der Waals surface area (Å²) in [4.78, 5) is 32.3. The lowest BCUT2D eigenvalue weighted by molar-refractivity contribution is -0.130. The van der Waals surface area contributed by atoms with E-state index in [2.05, 4.69) is 4.74 Å². The first-order chi connectivity index (χ1) is 6.10. The summed E-state index contributed by atoms with van der Waals surface area (Å²) in [7, 11) is 1.36. The molecule has 0 saturated carbocycles. The van der Waals surface area contributed by atoms with Crippen molar-refractivity contribution in [1.29, 1.82) is 0 Å². The fourth-order valence-corrected chi connectivity index (χ4v) is 0.725. The number of ketones is 3. The first-order valence-corrected chi connectivity index (χ1v) is 3.62. The van der Waals surface area contributed by atoms with Gasteiger partial charge in [0.15, 0.2) is 5.78 Å². The molecule has 0 aromatic heterocycles. The lowest BCUT2D eigenvalue weighted by atomic mass is 10.1. The highest BCUT2D eigenvalue weighted by molar-refractivity contribution is 6.12. The predicted octanol–water partition coefficient (Wildman–Crippen LogP) is -0.246. The molecule has 0 N–H and O–H groups in total. The van der Waals surface area contributed by atoms with Gasteiger partial charge in [-0.1, -0.05) is 0 Å². The molecular formula is C9H10O4. The summed E-state index contributed by atoms with van der Waals surface area (Å²) in [5, 5.41) is 0. The minimum absolute atomic E-state index is 0.115. The van der Waals surface area contributed by atoms with Gasteiger partial charge in [-0.05, 0) is 5.92 Å². The number of carbonyl (C=O) groups is 3. The molecular weight excluding hydrogens is 172 g/mol. The third kappa shape index (κ3) is 5.76. The molecule has 0 rings (SSSR count). The lowest BCUT2D eigenvalue weighted by Crippen LogP contribution is -2.14. The van der Waals surface area contributed by atoms with Crippen LogP contribution < -0.4 is 0 Å². The summed E-state index contributed by atoms with van der Waals surface area (Å²) >= 11 is 0. The van der Waals surface area contributed by atoms with Crippen molar-refractivity contribution < 1.29 is 19.1 Å². The Morgan fingerprint density at radius 3 is 2.31 bits per heavy atom. The zero-order chi connectivity index (χ0) is 10.3. The molecule has 0 aromatic carbocycles. The molecule has 70 valence electrons. The van der Waals surface area contributed by atoms with E-state index in [9.17, 15) is 14.4 Å². The van der Waals surface area contributed by atoms with Gasteiger partial charge in [0.05, 0.1) is 12.8 Å². The maximum Gasteiger partial charge on any atom is 0.212 e. The molecule has 0 unspecified atom stereocenters. The number of terminal acetylenes is 1.